The first-order chi connectivity index (χ1) is 10.1. The summed E-state index contributed by atoms with van der Waals surface area (Å²) < 4.78 is 10.5. The molecule has 0 aromatic heterocycles. The molecule has 112 valence electrons. The highest BCUT2D eigenvalue weighted by atomic mass is 16.6. The Bertz CT molecular complexity index is 544. The van der Waals surface area contributed by atoms with Crippen molar-refractivity contribution in [2.45, 2.75) is 24.4 Å². The monoisotopic (exact) mass is 291 g/mol. The van der Waals surface area contributed by atoms with Crippen LogP contribution in [0.5, 0.6) is 0 Å². The number of carbonyl (C=O) groups excluding carboxylic acids is 1. The van der Waals surface area contributed by atoms with Crippen molar-refractivity contribution in [3.63, 3.8) is 0 Å². The lowest BCUT2D eigenvalue weighted by Crippen LogP contribution is -2.39. The average molecular weight is 291 g/mol. The molecule has 0 radical (unpaired) electrons. The molecule has 0 bridgehead atoms. The van der Waals surface area contributed by atoms with Gasteiger partial charge in [0.2, 0.25) is 0 Å². The number of carboxylic acids is 1. The van der Waals surface area contributed by atoms with Gasteiger partial charge in [0, 0.05) is 5.69 Å². The van der Waals surface area contributed by atoms with E-state index in [1.165, 1.54) is 0 Å². The smallest absolute Gasteiger partial charge is 0.314 e. The van der Waals surface area contributed by atoms with E-state index in [9.17, 15) is 14.7 Å². The van der Waals surface area contributed by atoms with E-state index >= 15 is 0 Å². The van der Waals surface area contributed by atoms with E-state index in [0.717, 1.165) is 5.56 Å². The molecule has 1 unspecified atom stereocenters. The predicted octanol–water partition coefficient (Wildman–Crippen LogP) is 1.16. The summed E-state index contributed by atoms with van der Waals surface area (Å²) in [5.41, 5.74) is 0.687. The summed E-state index contributed by atoms with van der Waals surface area (Å²) in [5, 5.41) is 12.0. The van der Waals surface area contributed by atoms with Crippen molar-refractivity contribution in [1.29, 1.82) is 0 Å². The van der Waals surface area contributed by atoms with Crippen LogP contribution in [0.1, 0.15) is 18.4 Å². The van der Waals surface area contributed by atoms with Crippen LogP contribution in [0, 0.1) is 0 Å². The van der Waals surface area contributed by atoms with Crippen molar-refractivity contribution < 1.29 is 24.2 Å². The van der Waals surface area contributed by atoms with E-state index in [0.29, 0.717) is 31.7 Å². The lowest BCUT2D eigenvalue weighted by atomic mass is 9.96. The number of aliphatic carboxylic acids is 1. The summed E-state index contributed by atoms with van der Waals surface area (Å²) >= 11 is 0. The lowest BCUT2D eigenvalue weighted by Gasteiger charge is -2.22. The lowest BCUT2D eigenvalue weighted by molar-refractivity contribution is -0.142. The summed E-state index contributed by atoms with van der Waals surface area (Å²) in [6.07, 6.45) is 0.745. The molecule has 2 N–H and O–H groups in total. The SMILES string of the molecule is O=C(Nc1ccc(C2(C(=O)O)CC2)cc1)C1COCCO1. The summed E-state index contributed by atoms with van der Waals surface area (Å²) in [6.45, 7) is 1.18. The van der Waals surface area contributed by atoms with Crippen LogP contribution >= 0.6 is 0 Å². The zero-order valence-corrected chi connectivity index (χ0v) is 11.5. The van der Waals surface area contributed by atoms with Crippen molar-refractivity contribution in [2.24, 2.45) is 0 Å². The Morgan fingerprint density at radius 2 is 1.90 bits per heavy atom. The number of benzene rings is 1. The van der Waals surface area contributed by atoms with Gasteiger partial charge in [0.25, 0.3) is 5.91 Å². The number of rotatable bonds is 4. The maximum absolute atomic E-state index is 12.0. The molecule has 1 heterocycles. The van der Waals surface area contributed by atoms with E-state index in [1.807, 2.05) is 0 Å². The second-order valence-electron chi connectivity index (χ2n) is 5.39. The van der Waals surface area contributed by atoms with Crippen LogP contribution in [0.25, 0.3) is 0 Å². The van der Waals surface area contributed by atoms with Crippen LogP contribution in [-0.2, 0) is 24.5 Å². The van der Waals surface area contributed by atoms with Gasteiger partial charge < -0.3 is 19.9 Å². The summed E-state index contributed by atoms with van der Waals surface area (Å²) in [5.74, 6) is -1.03. The van der Waals surface area contributed by atoms with Gasteiger partial charge in [-0.15, -0.1) is 0 Å². The molecule has 3 rings (SSSR count). The van der Waals surface area contributed by atoms with E-state index in [2.05, 4.69) is 5.32 Å². The van der Waals surface area contributed by atoms with Gasteiger partial charge in [0.1, 0.15) is 0 Å². The minimum Gasteiger partial charge on any atom is -0.481 e. The largest absolute Gasteiger partial charge is 0.481 e. The fourth-order valence-electron chi connectivity index (χ4n) is 2.49. The number of carboxylic acid groups (broad SMARTS) is 1. The zero-order valence-electron chi connectivity index (χ0n) is 11.5. The third-order valence-electron chi connectivity index (χ3n) is 3.97. The molecule has 6 heteroatoms. The van der Waals surface area contributed by atoms with Crippen LogP contribution in [0.2, 0.25) is 0 Å². The quantitative estimate of drug-likeness (QED) is 0.869. The fraction of sp³-hybridized carbons (Fsp3) is 0.467. The van der Waals surface area contributed by atoms with Crippen LogP contribution in [0.15, 0.2) is 24.3 Å². The minimum atomic E-state index is -0.785. The van der Waals surface area contributed by atoms with Gasteiger partial charge >= 0.3 is 5.97 Å². The van der Waals surface area contributed by atoms with Gasteiger partial charge in [0.05, 0.1) is 25.2 Å². The number of ether oxygens (including phenoxy) is 2. The van der Waals surface area contributed by atoms with Gasteiger partial charge in [-0.1, -0.05) is 12.1 Å². The highest BCUT2D eigenvalue weighted by Gasteiger charge is 2.51. The summed E-state index contributed by atoms with van der Waals surface area (Å²) in [6, 6.07) is 6.96. The first-order valence-corrected chi connectivity index (χ1v) is 6.96. The number of hydrogen-bond acceptors (Lipinski definition) is 4. The average Bonchev–Trinajstić information content (AvgIpc) is 3.31. The minimum absolute atomic E-state index is 0.248. The molecule has 1 saturated carbocycles. The molecule has 21 heavy (non-hydrogen) atoms. The Morgan fingerprint density at radius 1 is 1.19 bits per heavy atom. The normalized spacial score (nSPS) is 23.3. The van der Waals surface area contributed by atoms with Gasteiger partial charge in [-0.05, 0) is 30.5 Å². The molecule has 0 spiro atoms. The molecule has 1 amide bonds. The van der Waals surface area contributed by atoms with E-state index in [1.54, 1.807) is 24.3 Å². The Morgan fingerprint density at radius 3 is 2.43 bits per heavy atom. The third-order valence-corrected chi connectivity index (χ3v) is 3.97. The standard InChI is InChI=1S/C15H17NO5/c17-13(12-9-20-7-8-21-12)16-11-3-1-10(2-4-11)15(5-6-15)14(18)19/h1-4,12H,5-9H2,(H,16,17)(H,18,19). The highest BCUT2D eigenvalue weighted by Crippen LogP contribution is 2.48. The Labute approximate surface area is 122 Å². The van der Waals surface area contributed by atoms with Crippen LogP contribution in [-0.4, -0.2) is 42.9 Å². The van der Waals surface area contributed by atoms with Gasteiger partial charge in [0.15, 0.2) is 6.10 Å². The number of hydrogen-bond donors (Lipinski definition) is 2. The van der Waals surface area contributed by atoms with E-state index in [4.69, 9.17) is 9.47 Å². The van der Waals surface area contributed by atoms with Gasteiger partial charge in [-0.2, -0.15) is 0 Å². The summed E-state index contributed by atoms with van der Waals surface area (Å²) in [7, 11) is 0. The number of nitrogens with one attached hydrogen (secondary N) is 1. The Hall–Kier alpha value is -1.92. The van der Waals surface area contributed by atoms with Gasteiger partial charge in [-0.25, -0.2) is 0 Å². The molecule has 2 aliphatic rings. The Kier molecular flexibility index (Phi) is 3.65. The van der Waals surface area contributed by atoms with Crippen molar-refractivity contribution >= 4 is 17.6 Å². The fourth-order valence-corrected chi connectivity index (χ4v) is 2.49. The van der Waals surface area contributed by atoms with Gasteiger partial charge in [-0.3, -0.25) is 9.59 Å². The second-order valence-corrected chi connectivity index (χ2v) is 5.39. The van der Waals surface area contributed by atoms with E-state index < -0.39 is 17.5 Å². The topological polar surface area (TPSA) is 84.9 Å². The van der Waals surface area contributed by atoms with Crippen molar-refractivity contribution in [3.05, 3.63) is 29.8 Å². The molecule has 1 aliphatic heterocycles. The molecule has 1 saturated heterocycles. The highest BCUT2D eigenvalue weighted by molar-refractivity contribution is 5.94. The molecule has 1 aromatic carbocycles. The summed E-state index contributed by atoms with van der Waals surface area (Å²) in [4.78, 5) is 23.2. The third kappa shape index (κ3) is 2.77. The van der Waals surface area contributed by atoms with E-state index in [-0.39, 0.29) is 12.5 Å². The van der Waals surface area contributed by atoms with Crippen molar-refractivity contribution in [1.82, 2.24) is 0 Å². The number of carbonyl (C=O) groups is 2. The molecular formula is C15H17NO5. The van der Waals surface area contributed by atoms with Crippen molar-refractivity contribution in [2.75, 3.05) is 25.1 Å². The maximum Gasteiger partial charge on any atom is 0.314 e. The zero-order chi connectivity index (χ0) is 14.9. The molecule has 2 fully saturated rings. The molecular weight excluding hydrogens is 274 g/mol. The van der Waals surface area contributed by atoms with Crippen LogP contribution < -0.4 is 5.32 Å². The molecule has 1 aromatic rings. The Balaban J connectivity index is 1.65. The second kappa shape index (κ2) is 5.46. The molecule has 1 atom stereocenters. The maximum atomic E-state index is 12.0. The predicted molar refractivity (Wildman–Crippen MR) is 74.2 cm³/mol. The number of amides is 1. The first kappa shape index (κ1) is 14.0. The first-order valence-electron chi connectivity index (χ1n) is 6.96. The van der Waals surface area contributed by atoms with Crippen molar-refractivity contribution in [3.8, 4) is 0 Å². The molecule has 1 aliphatic carbocycles. The van der Waals surface area contributed by atoms with Crippen LogP contribution in [0.4, 0.5) is 5.69 Å². The molecule has 6 nitrogen and oxygen atoms in total. The van der Waals surface area contributed by atoms with Crippen LogP contribution in [0.3, 0.4) is 0 Å². The number of anilines is 1.